The number of hydrogen-bond acceptors (Lipinski definition) is 5. The Bertz CT molecular complexity index is 1090. The van der Waals surface area contributed by atoms with Crippen LogP contribution in [0.4, 0.5) is 0 Å². The standard InChI is InChI=1S/C30H33NO5/c32-26-16-17-27(33)31-25(21-34-18-22-10-4-1-5-11-22)29(35-19-23-12-6-2-7-13-23)30(28(26)31)36-20-24-14-8-3-9-15-24/h1-15,25-26,28-30,32H,16-21H2/t25-,26+,28-,29-,30-/m1/s1. The van der Waals surface area contributed by atoms with Gasteiger partial charge >= 0.3 is 0 Å². The molecule has 0 saturated carbocycles. The van der Waals surface area contributed by atoms with Crippen molar-refractivity contribution in [1.29, 1.82) is 0 Å². The zero-order valence-electron chi connectivity index (χ0n) is 20.3. The molecule has 5 rings (SSSR count). The van der Waals surface area contributed by atoms with Gasteiger partial charge < -0.3 is 24.2 Å². The third-order valence-corrected chi connectivity index (χ3v) is 7.03. The highest BCUT2D eigenvalue weighted by molar-refractivity contribution is 5.78. The number of benzene rings is 3. The Kier molecular flexibility index (Phi) is 8.08. The molecule has 3 aromatic carbocycles. The molecule has 0 bridgehead atoms. The quantitative estimate of drug-likeness (QED) is 0.466. The van der Waals surface area contributed by atoms with E-state index in [0.29, 0.717) is 39.3 Å². The molecule has 2 fully saturated rings. The molecule has 0 aromatic heterocycles. The third-order valence-electron chi connectivity index (χ3n) is 7.03. The lowest BCUT2D eigenvalue weighted by Gasteiger charge is -2.38. The summed E-state index contributed by atoms with van der Waals surface area (Å²) < 4.78 is 19.0. The molecule has 0 spiro atoms. The highest BCUT2D eigenvalue weighted by atomic mass is 16.5. The molecule has 2 saturated heterocycles. The van der Waals surface area contributed by atoms with Crippen molar-refractivity contribution in [3.05, 3.63) is 108 Å². The fourth-order valence-corrected chi connectivity index (χ4v) is 5.26. The van der Waals surface area contributed by atoms with Gasteiger partial charge in [0.1, 0.15) is 12.2 Å². The van der Waals surface area contributed by atoms with Gasteiger partial charge in [0.25, 0.3) is 0 Å². The second kappa shape index (κ2) is 11.8. The molecule has 2 aliphatic heterocycles. The van der Waals surface area contributed by atoms with Crippen molar-refractivity contribution < 1.29 is 24.1 Å². The minimum atomic E-state index is -0.676. The van der Waals surface area contributed by atoms with Crippen LogP contribution in [0, 0.1) is 0 Å². The van der Waals surface area contributed by atoms with Crippen molar-refractivity contribution >= 4 is 5.91 Å². The Morgan fingerprint density at radius 2 is 1.22 bits per heavy atom. The van der Waals surface area contributed by atoms with E-state index in [1.54, 1.807) is 4.90 Å². The van der Waals surface area contributed by atoms with Gasteiger partial charge in [-0.3, -0.25) is 4.79 Å². The summed E-state index contributed by atoms with van der Waals surface area (Å²) in [6, 6.07) is 29.0. The van der Waals surface area contributed by atoms with Crippen molar-refractivity contribution in [2.45, 2.75) is 63.1 Å². The summed E-state index contributed by atoms with van der Waals surface area (Å²) in [4.78, 5) is 14.9. The zero-order valence-corrected chi connectivity index (χ0v) is 20.3. The Balaban J connectivity index is 1.38. The van der Waals surface area contributed by atoms with E-state index in [0.717, 1.165) is 16.7 Å². The van der Waals surface area contributed by atoms with Gasteiger partial charge in [-0.25, -0.2) is 0 Å². The van der Waals surface area contributed by atoms with E-state index in [9.17, 15) is 9.90 Å². The number of amides is 1. The number of rotatable bonds is 10. The molecular formula is C30H33NO5. The van der Waals surface area contributed by atoms with Crippen LogP contribution >= 0.6 is 0 Å². The number of carbonyl (C=O) groups is 1. The molecule has 2 heterocycles. The summed E-state index contributed by atoms with van der Waals surface area (Å²) in [5, 5.41) is 11.0. The average molecular weight is 488 g/mol. The highest BCUT2D eigenvalue weighted by Crippen LogP contribution is 2.37. The third kappa shape index (κ3) is 5.68. The lowest BCUT2D eigenvalue weighted by atomic mass is 9.96. The molecule has 5 atom stereocenters. The number of ether oxygens (including phenoxy) is 3. The van der Waals surface area contributed by atoms with Crippen molar-refractivity contribution in [3.8, 4) is 0 Å². The van der Waals surface area contributed by atoms with E-state index in [1.165, 1.54) is 0 Å². The largest absolute Gasteiger partial charge is 0.391 e. The van der Waals surface area contributed by atoms with Gasteiger partial charge in [-0.1, -0.05) is 91.0 Å². The molecule has 1 amide bonds. The second-order valence-corrected chi connectivity index (χ2v) is 9.49. The summed E-state index contributed by atoms with van der Waals surface area (Å²) in [5.74, 6) is 0.0118. The Morgan fingerprint density at radius 3 is 1.78 bits per heavy atom. The van der Waals surface area contributed by atoms with Crippen LogP contribution in [0.5, 0.6) is 0 Å². The summed E-state index contributed by atoms with van der Waals surface area (Å²) in [5.41, 5.74) is 3.14. The fourth-order valence-electron chi connectivity index (χ4n) is 5.26. The summed E-state index contributed by atoms with van der Waals surface area (Å²) in [6.07, 6.45) is -0.854. The molecule has 36 heavy (non-hydrogen) atoms. The molecule has 0 unspecified atom stereocenters. The number of fused-ring (bicyclic) bond motifs is 1. The first-order valence-electron chi connectivity index (χ1n) is 12.6. The van der Waals surface area contributed by atoms with E-state index in [2.05, 4.69) is 0 Å². The number of hydrogen-bond donors (Lipinski definition) is 1. The van der Waals surface area contributed by atoms with Crippen molar-refractivity contribution in [1.82, 2.24) is 4.90 Å². The number of aliphatic hydroxyl groups is 1. The van der Waals surface area contributed by atoms with Crippen molar-refractivity contribution in [2.75, 3.05) is 6.61 Å². The van der Waals surface area contributed by atoms with E-state index in [1.807, 2.05) is 91.0 Å². The number of carbonyl (C=O) groups excluding carboxylic acids is 1. The Labute approximate surface area is 212 Å². The maximum absolute atomic E-state index is 13.2. The summed E-state index contributed by atoms with van der Waals surface area (Å²) >= 11 is 0. The highest BCUT2D eigenvalue weighted by Gasteiger charge is 2.56. The van der Waals surface area contributed by atoms with E-state index < -0.39 is 24.4 Å². The second-order valence-electron chi connectivity index (χ2n) is 9.49. The molecule has 0 radical (unpaired) electrons. The van der Waals surface area contributed by atoms with E-state index in [4.69, 9.17) is 14.2 Å². The number of piperidine rings is 1. The van der Waals surface area contributed by atoms with Gasteiger partial charge in [0.15, 0.2) is 0 Å². The minimum Gasteiger partial charge on any atom is -0.391 e. The summed E-state index contributed by atoms with van der Waals surface area (Å²) in [7, 11) is 0. The average Bonchev–Trinajstić information content (AvgIpc) is 3.24. The molecule has 188 valence electrons. The Hall–Kier alpha value is -3.03. The molecule has 1 N–H and O–H groups in total. The van der Waals surface area contributed by atoms with Gasteiger partial charge in [0.05, 0.1) is 44.6 Å². The smallest absolute Gasteiger partial charge is 0.223 e. The maximum atomic E-state index is 13.2. The van der Waals surface area contributed by atoms with E-state index in [-0.39, 0.29) is 11.9 Å². The first kappa shape index (κ1) is 24.7. The molecule has 3 aromatic rings. The number of aliphatic hydroxyl groups excluding tert-OH is 1. The van der Waals surface area contributed by atoms with Crippen LogP contribution in [0.3, 0.4) is 0 Å². The topological polar surface area (TPSA) is 68.2 Å². The predicted molar refractivity (Wildman–Crippen MR) is 136 cm³/mol. The van der Waals surface area contributed by atoms with Crippen LogP contribution in [-0.4, -0.2) is 52.9 Å². The first-order chi connectivity index (χ1) is 17.7. The molecule has 0 aliphatic carbocycles. The van der Waals surface area contributed by atoms with Gasteiger partial charge in [-0.15, -0.1) is 0 Å². The van der Waals surface area contributed by atoms with Gasteiger partial charge in [0, 0.05) is 6.42 Å². The van der Waals surface area contributed by atoms with Crippen LogP contribution in [0.25, 0.3) is 0 Å². The summed E-state index contributed by atoms with van der Waals surface area (Å²) in [6.45, 7) is 1.50. The minimum absolute atomic E-state index is 0.0118. The first-order valence-corrected chi connectivity index (χ1v) is 12.6. The molecular weight excluding hydrogens is 454 g/mol. The zero-order chi connectivity index (χ0) is 24.7. The van der Waals surface area contributed by atoms with Crippen LogP contribution in [-0.2, 0) is 38.8 Å². The number of nitrogens with zero attached hydrogens (tertiary/aromatic N) is 1. The molecule has 6 nitrogen and oxygen atoms in total. The Morgan fingerprint density at radius 1 is 0.722 bits per heavy atom. The van der Waals surface area contributed by atoms with Crippen LogP contribution in [0.15, 0.2) is 91.0 Å². The van der Waals surface area contributed by atoms with Crippen LogP contribution in [0.2, 0.25) is 0 Å². The lowest BCUT2D eigenvalue weighted by molar-refractivity contribution is -0.147. The van der Waals surface area contributed by atoms with E-state index >= 15 is 0 Å². The predicted octanol–water partition coefficient (Wildman–Crippen LogP) is 4.11. The SMILES string of the molecule is O=C1CC[C@H](O)[C@@H]2[C@@H](OCc3ccccc3)[C@H](OCc3ccccc3)[C@@H](COCc3ccccc3)N12. The van der Waals surface area contributed by atoms with Crippen molar-refractivity contribution in [2.24, 2.45) is 0 Å². The van der Waals surface area contributed by atoms with Gasteiger partial charge in [0.2, 0.25) is 5.91 Å². The fraction of sp³-hybridized carbons (Fsp3) is 0.367. The van der Waals surface area contributed by atoms with Gasteiger partial charge in [-0.2, -0.15) is 0 Å². The maximum Gasteiger partial charge on any atom is 0.223 e. The molecule has 6 heteroatoms. The lowest BCUT2D eigenvalue weighted by Crippen LogP contribution is -2.54. The van der Waals surface area contributed by atoms with Crippen LogP contribution < -0.4 is 0 Å². The monoisotopic (exact) mass is 487 g/mol. The van der Waals surface area contributed by atoms with Crippen molar-refractivity contribution in [3.63, 3.8) is 0 Å². The van der Waals surface area contributed by atoms with Crippen LogP contribution in [0.1, 0.15) is 29.5 Å². The van der Waals surface area contributed by atoms with Gasteiger partial charge in [-0.05, 0) is 23.1 Å². The molecule has 2 aliphatic rings. The normalized spacial score (nSPS) is 25.6.